The Labute approximate surface area is 100.0 Å². The molecular weight excluding hydrogens is 247 g/mol. The fourth-order valence-electron chi connectivity index (χ4n) is 1.66. The summed E-state index contributed by atoms with van der Waals surface area (Å²) in [5.41, 5.74) is 0. The molecule has 0 heterocycles. The second kappa shape index (κ2) is 5.45. The molecule has 0 aromatic carbocycles. The Hall–Kier alpha value is -1.16. The topological polar surface area (TPSA) is 112 Å². The van der Waals surface area contributed by atoms with E-state index in [4.69, 9.17) is 15.3 Å². The molecule has 3 N–H and O–H groups in total. The summed E-state index contributed by atoms with van der Waals surface area (Å²) >= 11 is 0. The molecule has 0 aliphatic carbocycles. The van der Waals surface area contributed by atoms with Crippen molar-refractivity contribution >= 4 is 25.2 Å². The molecule has 0 aromatic heterocycles. The monoisotopic (exact) mass is 265 g/mol. The van der Waals surface area contributed by atoms with Crippen LogP contribution in [0.2, 0.25) is 0 Å². The van der Waals surface area contributed by atoms with Crippen molar-refractivity contribution in [3.8, 4) is 0 Å². The summed E-state index contributed by atoms with van der Waals surface area (Å²) in [4.78, 5) is 32.6. The Bertz CT molecular complexity index is 289. The van der Waals surface area contributed by atoms with Crippen LogP contribution in [-0.2, 0) is 14.4 Å². The van der Waals surface area contributed by atoms with Gasteiger partial charge in [0.15, 0.2) is 18.5 Å². The van der Waals surface area contributed by atoms with Gasteiger partial charge in [-0.1, -0.05) is 0 Å². The van der Waals surface area contributed by atoms with Gasteiger partial charge in [-0.3, -0.25) is 0 Å². The zero-order chi connectivity index (χ0) is 13.9. The summed E-state index contributed by atoms with van der Waals surface area (Å²) in [5.74, 6) is -3.43. The maximum Gasteiger partial charge on any atom is 0.341 e. The molecular formula is C10H18O6P+. The van der Waals surface area contributed by atoms with Crippen molar-refractivity contribution in [2.75, 3.05) is 18.5 Å². The van der Waals surface area contributed by atoms with Crippen LogP contribution in [0.4, 0.5) is 0 Å². The highest BCUT2D eigenvalue weighted by atomic mass is 31.2. The fraction of sp³-hybridized carbons (Fsp3) is 0.700. The molecule has 0 saturated heterocycles. The summed E-state index contributed by atoms with van der Waals surface area (Å²) in [6.07, 6.45) is -1.10. The van der Waals surface area contributed by atoms with E-state index in [2.05, 4.69) is 0 Å². The lowest BCUT2D eigenvalue weighted by Gasteiger charge is -2.35. The van der Waals surface area contributed by atoms with E-state index in [-0.39, 0.29) is 18.5 Å². The maximum absolute atomic E-state index is 10.9. The number of aliphatic carboxylic acids is 3. The molecule has 6 nitrogen and oxygen atoms in total. The quantitative estimate of drug-likeness (QED) is 0.619. The summed E-state index contributed by atoms with van der Waals surface area (Å²) in [6.45, 7) is 5.11. The Morgan fingerprint density at radius 2 is 1.06 bits per heavy atom. The molecule has 98 valence electrons. The van der Waals surface area contributed by atoms with Crippen LogP contribution in [0, 0.1) is 0 Å². The average Bonchev–Trinajstić information content (AvgIpc) is 1.96. The molecule has 0 unspecified atom stereocenters. The number of carboxylic acids is 3. The molecule has 0 rings (SSSR count). The Morgan fingerprint density at radius 3 is 1.18 bits per heavy atom. The van der Waals surface area contributed by atoms with Crippen molar-refractivity contribution in [3.63, 3.8) is 0 Å². The van der Waals surface area contributed by atoms with E-state index < -0.39 is 30.3 Å². The van der Waals surface area contributed by atoms with E-state index in [1.54, 1.807) is 20.8 Å². The van der Waals surface area contributed by atoms with Crippen molar-refractivity contribution < 1.29 is 29.7 Å². The van der Waals surface area contributed by atoms with Crippen LogP contribution in [0.3, 0.4) is 0 Å². The molecule has 0 bridgehead atoms. The second-order valence-electron chi connectivity index (χ2n) is 4.97. The van der Waals surface area contributed by atoms with Crippen molar-refractivity contribution in [2.45, 2.75) is 25.9 Å². The van der Waals surface area contributed by atoms with Crippen molar-refractivity contribution in [3.05, 3.63) is 0 Å². The van der Waals surface area contributed by atoms with Gasteiger partial charge < -0.3 is 15.3 Å². The number of hydrogen-bond acceptors (Lipinski definition) is 3. The summed E-state index contributed by atoms with van der Waals surface area (Å²) in [6, 6.07) is 0. The number of rotatable bonds is 6. The van der Waals surface area contributed by atoms with E-state index in [1.165, 1.54) is 0 Å². The van der Waals surface area contributed by atoms with Crippen LogP contribution in [0.25, 0.3) is 0 Å². The molecule has 17 heavy (non-hydrogen) atoms. The van der Waals surface area contributed by atoms with Crippen LogP contribution in [0.5, 0.6) is 0 Å². The lowest BCUT2D eigenvalue weighted by atomic mass is 10.3. The van der Waals surface area contributed by atoms with Gasteiger partial charge in [-0.15, -0.1) is 0 Å². The molecule has 0 spiro atoms. The smallest absolute Gasteiger partial charge is 0.341 e. The molecule has 0 fully saturated rings. The van der Waals surface area contributed by atoms with Crippen LogP contribution in [0.1, 0.15) is 20.8 Å². The molecule has 0 aromatic rings. The predicted octanol–water partition coefficient (Wildman–Crippen LogP) is 1.06. The van der Waals surface area contributed by atoms with Crippen molar-refractivity contribution in [2.24, 2.45) is 0 Å². The first-order chi connectivity index (χ1) is 7.50. The zero-order valence-corrected chi connectivity index (χ0v) is 11.0. The van der Waals surface area contributed by atoms with Crippen molar-refractivity contribution in [1.82, 2.24) is 0 Å². The molecule has 7 heteroatoms. The van der Waals surface area contributed by atoms with Crippen molar-refractivity contribution in [1.29, 1.82) is 0 Å². The van der Waals surface area contributed by atoms with E-state index in [9.17, 15) is 14.4 Å². The Morgan fingerprint density at radius 1 is 0.824 bits per heavy atom. The lowest BCUT2D eigenvalue weighted by molar-refractivity contribution is -0.134. The van der Waals surface area contributed by atoms with Crippen LogP contribution < -0.4 is 0 Å². The average molecular weight is 265 g/mol. The van der Waals surface area contributed by atoms with Gasteiger partial charge in [0.2, 0.25) is 0 Å². The Balaban J connectivity index is 5.42. The number of carboxylic acid groups (broad SMARTS) is 3. The summed E-state index contributed by atoms with van der Waals surface area (Å²) < 4.78 is 0. The minimum Gasteiger partial charge on any atom is -0.479 e. The minimum absolute atomic E-state index is 0.366. The minimum atomic E-state index is -2.65. The third kappa shape index (κ3) is 4.69. The van der Waals surface area contributed by atoms with E-state index in [1.807, 2.05) is 0 Å². The second-order valence-corrected chi connectivity index (χ2v) is 9.55. The standard InChI is InChI=1S/C10H17O6P/c1-10(2,3)17(4-7(11)12,5-8(13)14)6-9(15)16/h4-6H2,1-3H3,(H2-,11,12,13,14,15,16)/p+1. The molecule has 0 aliphatic heterocycles. The first-order valence-corrected chi connectivity index (χ1v) is 7.36. The van der Waals surface area contributed by atoms with Crippen LogP contribution in [-0.4, -0.2) is 56.9 Å². The molecule has 0 saturated carbocycles. The summed E-state index contributed by atoms with van der Waals surface area (Å²) in [5, 5.41) is 26.0. The van der Waals surface area contributed by atoms with Gasteiger partial charge >= 0.3 is 17.9 Å². The van der Waals surface area contributed by atoms with Gasteiger partial charge in [0.1, 0.15) is 0 Å². The fourth-order valence-corrected chi connectivity index (χ4v) is 4.97. The van der Waals surface area contributed by atoms with Crippen LogP contribution >= 0.6 is 7.26 Å². The summed E-state index contributed by atoms with van der Waals surface area (Å²) in [7, 11) is -2.65. The van der Waals surface area contributed by atoms with Crippen LogP contribution in [0.15, 0.2) is 0 Å². The van der Waals surface area contributed by atoms with E-state index >= 15 is 0 Å². The highest BCUT2D eigenvalue weighted by molar-refractivity contribution is 7.79. The Kier molecular flexibility index (Phi) is 5.08. The highest BCUT2D eigenvalue weighted by Crippen LogP contribution is 2.68. The van der Waals surface area contributed by atoms with Gasteiger partial charge in [0, 0.05) is 0 Å². The molecule has 0 atom stereocenters. The lowest BCUT2D eigenvalue weighted by Crippen LogP contribution is -2.34. The van der Waals surface area contributed by atoms with Gasteiger partial charge in [-0.25, -0.2) is 14.4 Å². The van der Waals surface area contributed by atoms with Gasteiger partial charge in [-0.2, -0.15) is 0 Å². The predicted molar refractivity (Wildman–Crippen MR) is 64.2 cm³/mol. The third-order valence-electron chi connectivity index (χ3n) is 2.74. The SMILES string of the molecule is CC(C)(C)[P+](CC(=O)O)(CC(=O)O)CC(=O)O. The third-order valence-corrected chi connectivity index (χ3v) is 8.21. The van der Waals surface area contributed by atoms with Gasteiger partial charge in [0.05, 0.1) is 12.4 Å². The van der Waals surface area contributed by atoms with Gasteiger partial charge in [0.25, 0.3) is 0 Å². The largest absolute Gasteiger partial charge is 0.479 e. The number of carbonyl (C=O) groups is 3. The molecule has 0 radical (unpaired) electrons. The molecule has 0 amide bonds. The molecule has 0 aliphatic rings. The maximum atomic E-state index is 10.9. The first kappa shape index (κ1) is 15.8. The first-order valence-electron chi connectivity index (χ1n) is 5.02. The van der Waals surface area contributed by atoms with Gasteiger partial charge in [-0.05, 0) is 20.8 Å². The highest BCUT2D eigenvalue weighted by Gasteiger charge is 2.54. The normalized spacial score (nSPS) is 12.2. The van der Waals surface area contributed by atoms with E-state index in [0.29, 0.717) is 0 Å². The van der Waals surface area contributed by atoms with E-state index in [0.717, 1.165) is 0 Å². The zero-order valence-electron chi connectivity index (χ0n) is 10.1. The number of hydrogen-bond donors (Lipinski definition) is 3.